The number of ether oxygens (including phenoxy) is 1. The van der Waals surface area contributed by atoms with E-state index in [0.29, 0.717) is 0 Å². The van der Waals surface area contributed by atoms with Crippen molar-refractivity contribution in [3.8, 4) is 11.5 Å². The van der Waals surface area contributed by atoms with Crippen LogP contribution in [0.4, 0.5) is 0 Å². The minimum atomic E-state index is -0.833. The Morgan fingerprint density at radius 1 is 1.00 bits per heavy atom. The second-order valence-electron chi connectivity index (χ2n) is 4.01. The summed E-state index contributed by atoms with van der Waals surface area (Å²) < 4.78 is 5.78. The number of carboxylic acid groups (broad SMARTS) is 1. The van der Waals surface area contributed by atoms with E-state index in [-0.39, 0.29) is 0 Å². The van der Waals surface area contributed by atoms with Crippen LogP contribution in [0, 0.1) is 0 Å². The second-order valence-corrected chi connectivity index (χ2v) is 4.01. The third kappa shape index (κ3) is 2.88. The van der Waals surface area contributed by atoms with Gasteiger partial charge in [-0.25, -0.2) is 0 Å². The number of rotatable bonds is 0. The van der Waals surface area contributed by atoms with Gasteiger partial charge in [0, 0.05) is 13.3 Å². The van der Waals surface area contributed by atoms with Crippen LogP contribution in [0.5, 0.6) is 11.5 Å². The Bertz CT molecular complexity index is 470. The van der Waals surface area contributed by atoms with Gasteiger partial charge in [-0.05, 0) is 23.3 Å². The molecule has 1 aliphatic heterocycles. The first-order valence-electron chi connectivity index (χ1n) is 5.70. The minimum Gasteiger partial charge on any atom is -0.481 e. The average molecular weight is 242 g/mol. The van der Waals surface area contributed by atoms with E-state index < -0.39 is 5.97 Å². The van der Waals surface area contributed by atoms with Crippen molar-refractivity contribution in [2.45, 2.75) is 13.3 Å². The third-order valence-electron chi connectivity index (χ3n) is 2.55. The zero-order chi connectivity index (χ0) is 13.0. The Labute approximate surface area is 106 Å². The maximum atomic E-state index is 9.00. The molecule has 3 nitrogen and oxygen atoms in total. The molecule has 0 aliphatic carbocycles. The number of carbonyl (C=O) groups is 1. The molecule has 0 saturated carbocycles. The van der Waals surface area contributed by atoms with Crippen LogP contribution in [0.15, 0.2) is 48.5 Å². The number of hydrogen-bond donors (Lipinski definition) is 1. The summed E-state index contributed by atoms with van der Waals surface area (Å²) in [5.74, 6) is 1.15. The highest BCUT2D eigenvalue weighted by Crippen LogP contribution is 2.35. The highest BCUT2D eigenvalue weighted by Gasteiger charge is 2.14. The zero-order valence-electron chi connectivity index (χ0n) is 10.1. The molecule has 0 fully saturated rings. The van der Waals surface area contributed by atoms with Gasteiger partial charge in [0.2, 0.25) is 0 Å². The fourth-order valence-corrected chi connectivity index (χ4v) is 1.82. The Balaban J connectivity index is 0.000000267. The Kier molecular flexibility index (Phi) is 3.63. The van der Waals surface area contributed by atoms with E-state index in [0.717, 1.165) is 24.8 Å². The SMILES string of the molecule is CC(=O)O.c1ccc2c(c1)Cc1ccccc1O2. The topological polar surface area (TPSA) is 46.5 Å². The summed E-state index contributed by atoms with van der Waals surface area (Å²) >= 11 is 0. The van der Waals surface area contributed by atoms with Crippen molar-refractivity contribution < 1.29 is 14.6 Å². The third-order valence-corrected chi connectivity index (χ3v) is 2.55. The second kappa shape index (κ2) is 5.36. The smallest absolute Gasteiger partial charge is 0.300 e. The number of para-hydroxylation sites is 2. The first-order valence-corrected chi connectivity index (χ1v) is 5.70. The molecule has 0 atom stereocenters. The molecule has 1 N–H and O–H groups in total. The monoisotopic (exact) mass is 242 g/mol. The fourth-order valence-electron chi connectivity index (χ4n) is 1.82. The Morgan fingerprint density at radius 2 is 1.39 bits per heavy atom. The summed E-state index contributed by atoms with van der Waals surface area (Å²) in [6.45, 7) is 1.08. The van der Waals surface area contributed by atoms with E-state index >= 15 is 0 Å². The average Bonchev–Trinajstić information content (AvgIpc) is 2.35. The van der Waals surface area contributed by atoms with Gasteiger partial charge in [-0.3, -0.25) is 4.79 Å². The fraction of sp³-hybridized carbons (Fsp3) is 0.133. The van der Waals surface area contributed by atoms with E-state index in [1.165, 1.54) is 11.1 Å². The van der Waals surface area contributed by atoms with Crippen LogP contribution in [-0.4, -0.2) is 11.1 Å². The lowest BCUT2D eigenvalue weighted by atomic mass is 10.0. The molecule has 0 saturated heterocycles. The van der Waals surface area contributed by atoms with Gasteiger partial charge in [0.1, 0.15) is 11.5 Å². The van der Waals surface area contributed by atoms with E-state index in [4.69, 9.17) is 14.6 Å². The maximum absolute atomic E-state index is 9.00. The first-order chi connectivity index (χ1) is 8.66. The number of carboxylic acids is 1. The van der Waals surface area contributed by atoms with Crippen LogP contribution >= 0.6 is 0 Å². The number of fused-ring (bicyclic) bond motifs is 2. The molecule has 3 heteroatoms. The van der Waals surface area contributed by atoms with Crippen LogP contribution in [0.25, 0.3) is 0 Å². The van der Waals surface area contributed by atoms with E-state index in [1.54, 1.807) is 0 Å². The molecule has 0 radical (unpaired) electrons. The van der Waals surface area contributed by atoms with Crippen LogP contribution in [0.1, 0.15) is 18.1 Å². The summed E-state index contributed by atoms with van der Waals surface area (Å²) in [4.78, 5) is 9.00. The molecule has 1 aliphatic rings. The molecule has 92 valence electrons. The van der Waals surface area contributed by atoms with Gasteiger partial charge < -0.3 is 9.84 Å². The first kappa shape index (κ1) is 12.2. The lowest BCUT2D eigenvalue weighted by molar-refractivity contribution is -0.134. The molecule has 3 rings (SSSR count). The number of aliphatic carboxylic acids is 1. The van der Waals surface area contributed by atoms with E-state index in [2.05, 4.69) is 24.3 Å². The van der Waals surface area contributed by atoms with E-state index in [1.807, 2.05) is 24.3 Å². The van der Waals surface area contributed by atoms with Gasteiger partial charge in [-0.1, -0.05) is 36.4 Å². The summed E-state index contributed by atoms with van der Waals surface area (Å²) in [6.07, 6.45) is 0.979. The Hall–Kier alpha value is -2.29. The van der Waals surface area contributed by atoms with Crippen LogP contribution in [-0.2, 0) is 11.2 Å². The van der Waals surface area contributed by atoms with Gasteiger partial charge in [0.15, 0.2) is 0 Å². The van der Waals surface area contributed by atoms with Crippen LogP contribution in [0.3, 0.4) is 0 Å². The van der Waals surface area contributed by atoms with Gasteiger partial charge in [-0.15, -0.1) is 0 Å². The molecule has 0 spiro atoms. The molecular formula is C15H14O3. The highest BCUT2D eigenvalue weighted by molar-refractivity contribution is 5.62. The van der Waals surface area contributed by atoms with Crippen molar-refractivity contribution in [2.75, 3.05) is 0 Å². The molecule has 1 heterocycles. The largest absolute Gasteiger partial charge is 0.481 e. The molecular weight excluding hydrogens is 228 g/mol. The standard InChI is InChI=1S/C13H10O.C2H4O2/c1-3-7-12-10(5-1)9-11-6-2-4-8-13(11)14-12;1-2(3)4/h1-8H,9H2;1H3,(H,3,4). The Morgan fingerprint density at radius 3 is 1.83 bits per heavy atom. The summed E-state index contributed by atoms with van der Waals surface area (Å²) in [5.41, 5.74) is 2.54. The summed E-state index contributed by atoms with van der Waals surface area (Å²) in [5, 5.41) is 7.42. The molecule has 0 bridgehead atoms. The van der Waals surface area contributed by atoms with Crippen molar-refractivity contribution in [3.63, 3.8) is 0 Å². The van der Waals surface area contributed by atoms with Crippen LogP contribution in [0.2, 0.25) is 0 Å². The summed E-state index contributed by atoms with van der Waals surface area (Å²) in [6, 6.07) is 16.4. The van der Waals surface area contributed by atoms with Crippen molar-refractivity contribution in [1.29, 1.82) is 0 Å². The molecule has 2 aromatic rings. The quantitative estimate of drug-likeness (QED) is 0.656. The molecule has 18 heavy (non-hydrogen) atoms. The maximum Gasteiger partial charge on any atom is 0.300 e. The van der Waals surface area contributed by atoms with Crippen molar-refractivity contribution in [1.82, 2.24) is 0 Å². The highest BCUT2D eigenvalue weighted by atomic mass is 16.5. The van der Waals surface area contributed by atoms with Gasteiger partial charge in [0.05, 0.1) is 0 Å². The van der Waals surface area contributed by atoms with Gasteiger partial charge in [-0.2, -0.15) is 0 Å². The van der Waals surface area contributed by atoms with Crippen LogP contribution < -0.4 is 4.74 Å². The number of benzene rings is 2. The minimum absolute atomic E-state index is 0.833. The zero-order valence-corrected chi connectivity index (χ0v) is 10.1. The molecule has 0 amide bonds. The van der Waals surface area contributed by atoms with Gasteiger partial charge >= 0.3 is 0 Å². The van der Waals surface area contributed by atoms with Crippen molar-refractivity contribution in [2.24, 2.45) is 0 Å². The van der Waals surface area contributed by atoms with Gasteiger partial charge in [0.25, 0.3) is 5.97 Å². The molecule has 0 unspecified atom stereocenters. The predicted octanol–water partition coefficient (Wildman–Crippen LogP) is 3.47. The normalized spacial score (nSPS) is 11.2. The van der Waals surface area contributed by atoms with Crippen molar-refractivity contribution >= 4 is 5.97 Å². The lowest BCUT2D eigenvalue weighted by Gasteiger charge is -2.19. The summed E-state index contributed by atoms with van der Waals surface area (Å²) in [7, 11) is 0. The number of hydrogen-bond acceptors (Lipinski definition) is 2. The van der Waals surface area contributed by atoms with E-state index in [9.17, 15) is 0 Å². The van der Waals surface area contributed by atoms with Crippen molar-refractivity contribution in [3.05, 3.63) is 59.7 Å². The molecule has 2 aromatic carbocycles. The predicted molar refractivity (Wildman–Crippen MR) is 69.1 cm³/mol. The lowest BCUT2D eigenvalue weighted by Crippen LogP contribution is -2.01. The molecule has 0 aromatic heterocycles.